The van der Waals surface area contributed by atoms with Gasteiger partial charge in [-0.1, -0.05) is 15.9 Å². The number of morpholine rings is 1. The summed E-state index contributed by atoms with van der Waals surface area (Å²) in [7, 11) is 0. The second-order valence-corrected chi connectivity index (χ2v) is 5.00. The molecule has 4 nitrogen and oxygen atoms in total. The molecule has 0 radical (unpaired) electrons. The molecule has 1 aromatic rings. The summed E-state index contributed by atoms with van der Waals surface area (Å²) in [5.74, 6) is 0. The van der Waals surface area contributed by atoms with Crippen molar-refractivity contribution in [2.45, 2.75) is 12.6 Å². The van der Waals surface area contributed by atoms with Gasteiger partial charge in [0.1, 0.15) is 0 Å². The maximum absolute atomic E-state index is 9.38. The van der Waals surface area contributed by atoms with Crippen molar-refractivity contribution in [3.63, 3.8) is 0 Å². The second-order valence-electron chi connectivity index (χ2n) is 4.08. The van der Waals surface area contributed by atoms with Gasteiger partial charge in [-0.2, -0.15) is 0 Å². The number of nitrogens with zero attached hydrogens (tertiary/aromatic N) is 1. The predicted molar refractivity (Wildman–Crippen MR) is 71.1 cm³/mol. The molecule has 0 bridgehead atoms. The van der Waals surface area contributed by atoms with Crippen molar-refractivity contribution in [3.05, 3.63) is 28.2 Å². The Kier molecular flexibility index (Phi) is 4.39. The average molecular weight is 301 g/mol. The first-order chi connectivity index (χ1) is 8.26. The number of rotatable bonds is 3. The Balaban J connectivity index is 2.30. The van der Waals surface area contributed by atoms with Gasteiger partial charge >= 0.3 is 0 Å². The second kappa shape index (κ2) is 5.82. The first-order valence-electron chi connectivity index (χ1n) is 5.70. The Hall–Kier alpha value is -0.620. The SMILES string of the molecule is NCc1cc(Br)ccc1N1CCOCC1CO. The minimum atomic E-state index is 0.0234. The standard InChI is InChI=1S/C12H17BrN2O2/c13-10-1-2-12(9(5-10)6-14)15-3-4-17-8-11(15)7-16/h1-2,5,11,16H,3-4,6-8,14H2. The molecule has 2 rings (SSSR count). The third-order valence-electron chi connectivity index (χ3n) is 3.01. The molecule has 1 fully saturated rings. The van der Waals surface area contributed by atoms with Crippen molar-refractivity contribution < 1.29 is 9.84 Å². The van der Waals surface area contributed by atoms with Crippen LogP contribution < -0.4 is 10.6 Å². The summed E-state index contributed by atoms with van der Waals surface area (Å²) in [4.78, 5) is 2.18. The molecule has 1 aliphatic rings. The Morgan fingerprint density at radius 3 is 3.06 bits per heavy atom. The van der Waals surface area contributed by atoms with Crippen molar-refractivity contribution in [2.24, 2.45) is 5.73 Å². The monoisotopic (exact) mass is 300 g/mol. The number of anilines is 1. The number of aliphatic hydroxyl groups excluding tert-OH is 1. The highest BCUT2D eigenvalue weighted by Crippen LogP contribution is 2.27. The van der Waals surface area contributed by atoms with Crippen LogP contribution in [0.15, 0.2) is 22.7 Å². The van der Waals surface area contributed by atoms with Gasteiger partial charge in [0.25, 0.3) is 0 Å². The lowest BCUT2D eigenvalue weighted by molar-refractivity contribution is 0.0726. The largest absolute Gasteiger partial charge is 0.394 e. The van der Waals surface area contributed by atoms with E-state index in [1.807, 2.05) is 18.2 Å². The summed E-state index contributed by atoms with van der Waals surface area (Å²) in [6.45, 7) is 2.64. The summed E-state index contributed by atoms with van der Waals surface area (Å²) in [6.07, 6.45) is 0. The van der Waals surface area contributed by atoms with E-state index >= 15 is 0 Å². The van der Waals surface area contributed by atoms with Gasteiger partial charge in [0, 0.05) is 23.2 Å². The van der Waals surface area contributed by atoms with Crippen LogP contribution in [-0.2, 0) is 11.3 Å². The molecular weight excluding hydrogens is 284 g/mol. The lowest BCUT2D eigenvalue weighted by atomic mass is 10.1. The van der Waals surface area contributed by atoms with Crippen LogP contribution in [-0.4, -0.2) is 37.5 Å². The summed E-state index contributed by atoms with van der Waals surface area (Å²) in [6, 6.07) is 6.09. The highest BCUT2D eigenvalue weighted by Gasteiger charge is 2.24. The van der Waals surface area contributed by atoms with E-state index < -0.39 is 0 Å². The van der Waals surface area contributed by atoms with E-state index in [0.717, 1.165) is 22.3 Å². The quantitative estimate of drug-likeness (QED) is 0.878. The van der Waals surface area contributed by atoms with Crippen LogP contribution in [0, 0.1) is 0 Å². The minimum absolute atomic E-state index is 0.0234. The Morgan fingerprint density at radius 1 is 1.53 bits per heavy atom. The molecule has 0 saturated carbocycles. The molecule has 1 heterocycles. The highest BCUT2D eigenvalue weighted by molar-refractivity contribution is 9.10. The third-order valence-corrected chi connectivity index (χ3v) is 3.50. The highest BCUT2D eigenvalue weighted by atomic mass is 79.9. The zero-order valence-electron chi connectivity index (χ0n) is 9.60. The van der Waals surface area contributed by atoms with Crippen LogP contribution >= 0.6 is 15.9 Å². The van der Waals surface area contributed by atoms with Crippen LogP contribution in [0.25, 0.3) is 0 Å². The van der Waals surface area contributed by atoms with E-state index in [4.69, 9.17) is 10.5 Å². The van der Waals surface area contributed by atoms with E-state index in [0.29, 0.717) is 19.8 Å². The molecule has 1 atom stereocenters. The van der Waals surface area contributed by atoms with Gasteiger partial charge in [0.2, 0.25) is 0 Å². The van der Waals surface area contributed by atoms with E-state index in [-0.39, 0.29) is 12.6 Å². The Labute approximate surface area is 109 Å². The van der Waals surface area contributed by atoms with Gasteiger partial charge < -0.3 is 20.5 Å². The van der Waals surface area contributed by atoms with Gasteiger partial charge in [-0.15, -0.1) is 0 Å². The summed E-state index contributed by atoms with van der Waals surface area (Å²) in [5.41, 5.74) is 7.95. The summed E-state index contributed by atoms with van der Waals surface area (Å²) < 4.78 is 6.40. The van der Waals surface area contributed by atoms with E-state index in [1.54, 1.807) is 0 Å². The fourth-order valence-corrected chi connectivity index (χ4v) is 2.53. The van der Waals surface area contributed by atoms with Gasteiger partial charge in [-0.3, -0.25) is 0 Å². The number of benzene rings is 1. The smallest absolute Gasteiger partial charge is 0.0755 e. The molecule has 3 N–H and O–H groups in total. The third kappa shape index (κ3) is 2.80. The Morgan fingerprint density at radius 2 is 2.35 bits per heavy atom. The number of aliphatic hydroxyl groups is 1. The molecular formula is C12H17BrN2O2. The van der Waals surface area contributed by atoms with E-state index in [9.17, 15) is 5.11 Å². The topological polar surface area (TPSA) is 58.7 Å². The van der Waals surface area contributed by atoms with Gasteiger partial charge in [0.05, 0.1) is 25.9 Å². The van der Waals surface area contributed by atoms with Gasteiger partial charge in [0.15, 0.2) is 0 Å². The van der Waals surface area contributed by atoms with Crippen molar-refractivity contribution in [1.29, 1.82) is 0 Å². The van der Waals surface area contributed by atoms with Gasteiger partial charge in [-0.25, -0.2) is 0 Å². The number of nitrogens with two attached hydrogens (primary N) is 1. The number of ether oxygens (including phenoxy) is 1. The van der Waals surface area contributed by atoms with Crippen LogP contribution in [0.2, 0.25) is 0 Å². The van der Waals surface area contributed by atoms with Crippen molar-refractivity contribution in [3.8, 4) is 0 Å². The molecule has 5 heteroatoms. The molecule has 0 amide bonds. The maximum Gasteiger partial charge on any atom is 0.0755 e. The van der Waals surface area contributed by atoms with Crippen LogP contribution in [0.3, 0.4) is 0 Å². The molecule has 0 aliphatic carbocycles. The molecule has 1 unspecified atom stereocenters. The lowest BCUT2D eigenvalue weighted by Crippen LogP contribution is -2.48. The maximum atomic E-state index is 9.38. The van der Waals surface area contributed by atoms with Crippen molar-refractivity contribution >= 4 is 21.6 Å². The first kappa shape index (κ1) is 12.8. The van der Waals surface area contributed by atoms with Crippen LogP contribution in [0.4, 0.5) is 5.69 Å². The molecule has 0 aromatic heterocycles. The number of halogens is 1. The predicted octanol–water partition coefficient (Wildman–Crippen LogP) is 1.11. The average Bonchev–Trinajstić information content (AvgIpc) is 2.38. The lowest BCUT2D eigenvalue weighted by Gasteiger charge is -2.37. The minimum Gasteiger partial charge on any atom is -0.394 e. The van der Waals surface area contributed by atoms with Crippen molar-refractivity contribution in [1.82, 2.24) is 0 Å². The molecule has 1 aliphatic heterocycles. The molecule has 1 saturated heterocycles. The van der Waals surface area contributed by atoms with E-state index in [1.165, 1.54) is 0 Å². The molecule has 1 aromatic carbocycles. The zero-order valence-corrected chi connectivity index (χ0v) is 11.2. The van der Waals surface area contributed by atoms with Crippen LogP contribution in [0.1, 0.15) is 5.56 Å². The molecule has 94 valence electrons. The fourth-order valence-electron chi connectivity index (χ4n) is 2.12. The normalized spacial score (nSPS) is 20.6. The molecule has 17 heavy (non-hydrogen) atoms. The summed E-state index contributed by atoms with van der Waals surface area (Å²) >= 11 is 3.45. The summed E-state index contributed by atoms with van der Waals surface area (Å²) in [5, 5.41) is 9.38. The van der Waals surface area contributed by atoms with E-state index in [2.05, 4.69) is 20.8 Å². The molecule has 0 spiro atoms. The first-order valence-corrected chi connectivity index (χ1v) is 6.49. The zero-order chi connectivity index (χ0) is 12.3. The van der Waals surface area contributed by atoms with Crippen LogP contribution in [0.5, 0.6) is 0 Å². The fraction of sp³-hybridized carbons (Fsp3) is 0.500. The van der Waals surface area contributed by atoms with Crippen molar-refractivity contribution in [2.75, 3.05) is 31.3 Å². The Bertz CT molecular complexity index is 387. The number of hydrogen-bond donors (Lipinski definition) is 2. The number of hydrogen-bond acceptors (Lipinski definition) is 4. The van der Waals surface area contributed by atoms with Gasteiger partial charge in [-0.05, 0) is 23.8 Å².